The number of ether oxygens (including phenoxy) is 1. The Labute approximate surface area is 151 Å². The van der Waals surface area contributed by atoms with Crippen LogP contribution in [0.5, 0.6) is 5.75 Å². The maximum atomic E-state index is 12.7. The highest BCUT2D eigenvalue weighted by Crippen LogP contribution is 2.21. The molecule has 0 bridgehead atoms. The number of rotatable bonds is 7. The summed E-state index contributed by atoms with van der Waals surface area (Å²) in [5.41, 5.74) is 2.60. The van der Waals surface area contributed by atoms with Gasteiger partial charge in [-0.1, -0.05) is 18.2 Å². The van der Waals surface area contributed by atoms with Crippen molar-refractivity contribution in [1.29, 1.82) is 0 Å². The van der Waals surface area contributed by atoms with Gasteiger partial charge in [0.25, 0.3) is 5.91 Å². The van der Waals surface area contributed by atoms with E-state index in [2.05, 4.69) is 0 Å². The highest BCUT2D eigenvalue weighted by molar-refractivity contribution is 7.98. The highest BCUT2D eigenvalue weighted by Gasteiger charge is 2.15. The van der Waals surface area contributed by atoms with Gasteiger partial charge in [-0.2, -0.15) is 0 Å². The van der Waals surface area contributed by atoms with Crippen molar-refractivity contribution in [1.82, 2.24) is 4.90 Å². The van der Waals surface area contributed by atoms with E-state index < -0.39 is 5.97 Å². The zero-order valence-corrected chi connectivity index (χ0v) is 15.3. The van der Waals surface area contributed by atoms with Gasteiger partial charge in [-0.3, -0.25) is 4.79 Å². The summed E-state index contributed by atoms with van der Waals surface area (Å²) in [6, 6.07) is 12.9. The van der Waals surface area contributed by atoms with E-state index in [1.165, 1.54) is 0 Å². The molecule has 2 aromatic carbocycles. The van der Waals surface area contributed by atoms with E-state index in [0.29, 0.717) is 17.9 Å². The Kier molecular flexibility index (Phi) is 6.47. The second-order valence-corrected chi connectivity index (χ2v) is 6.55. The summed E-state index contributed by atoms with van der Waals surface area (Å²) < 4.78 is 5.10. The van der Waals surface area contributed by atoms with Crippen LogP contribution < -0.4 is 4.74 Å². The molecule has 132 valence electrons. The Morgan fingerprint density at radius 1 is 1.16 bits per heavy atom. The predicted molar refractivity (Wildman–Crippen MR) is 98.3 cm³/mol. The number of carboxylic acids is 1. The van der Waals surface area contributed by atoms with Gasteiger partial charge in [-0.15, -0.1) is 11.8 Å². The Morgan fingerprint density at radius 3 is 2.44 bits per heavy atom. The molecule has 1 amide bonds. The van der Waals surface area contributed by atoms with E-state index in [1.807, 2.05) is 43.5 Å². The van der Waals surface area contributed by atoms with E-state index in [4.69, 9.17) is 9.84 Å². The van der Waals surface area contributed by atoms with Gasteiger partial charge in [-0.05, 0) is 48.6 Å². The smallest absolute Gasteiger partial charge is 0.341 e. The molecule has 0 unspecified atom stereocenters. The zero-order chi connectivity index (χ0) is 18.4. The molecule has 5 nitrogen and oxygen atoms in total. The third-order valence-corrected chi connectivity index (χ3v) is 4.45. The lowest BCUT2D eigenvalue weighted by atomic mass is 10.1. The second kappa shape index (κ2) is 8.58. The van der Waals surface area contributed by atoms with Crippen molar-refractivity contribution in [2.45, 2.75) is 18.4 Å². The first-order valence-corrected chi connectivity index (χ1v) is 8.97. The Hall–Kier alpha value is -2.47. The van der Waals surface area contributed by atoms with Gasteiger partial charge in [0.15, 0.2) is 6.61 Å². The predicted octanol–water partition coefficient (Wildman–Crippen LogP) is 3.45. The van der Waals surface area contributed by atoms with Crippen LogP contribution in [0.25, 0.3) is 0 Å². The molecule has 2 aromatic rings. The molecule has 0 atom stereocenters. The molecule has 0 radical (unpaired) electrons. The Morgan fingerprint density at radius 2 is 1.84 bits per heavy atom. The van der Waals surface area contributed by atoms with Crippen molar-refractivity contribution in [3.63, 3.8) is 0 Å². The van der Waals surface area contributed by atoms with Crippen LogP contribution in [-0.2, 0) is 11.3 Å². The number of thioether (sulfide) groups is 1. The Balaban J connectivity index is 2.05. The molecule has 0 saturated heterocycles. The van der Waals surface area contributed by atoms with Crippen LogP contribution in [-0.4, -0.2) is 41.8 Å². The van der Waals surface area contributed by atoms with Crippen molar-refractivity contribution in [2.75, 3.05) is 19.9 Å². The van der Waals surface area contributed by atoms with Crippen LogP contribution in [0, 0.1) is 6.92 Å². The van der Waals surface area contributed by atoms with Crippen LogP contribution in [0.2, 0.25) is 0 Å². The largest absolute Gasteiger partial charge is 0.482 e. The van der Waals surface area contributed by atoms with E-state index in [0.717, 1.165) is 16.0 Å². The van der Waals surface area contributed by atoms with Gasteiger partial charge in [0, 0.05) is 24.1 Å². The molecule has 0 aliphatic heterocycles. The maximum absolute atomic E-state index is 12.7. The molecule has 0 aromatic heterocycles. The number of nitrogens with zero attached hydrogens (tertiary/aromatic N) is 1. The number of aryl methyl sites for hydroxylation is 1. The number of aliphatic carboxylic acids is 1. The number of carbonyl (C=O) groups excluding carboxylic acids is 1. The first kappa shape index (κ1) is 18.9. The van der Waals surface area contributed by atoms with Crippen LogP contribution in [0.1, 0.15) is 21.5 Å². The molecule has 0 aliphatic rings. The van der Waals surface area contributed by atoms with Gasteiger partial charge in [0.05, 0.1) is 0 Å². The minimum atomic E-state index is -1.02. The number of carboxylic acid groups (broad SMARTS) is 1. The summed E-state index contributed by atoms with van der Waals surface area (Å²) in [4.78, 5) is 25.9. The van der Waals surface area contributed by atoms with Gasteiger partial charge in [0.2, 0.25) is 0 Å². The highest BCUT2D eigenvalue weighted by atomic mass is 32.2. The molecule has 1 N–H and O–H groups in total. The number of carbonyl (C=O) groups is 2. The Bertz CT molecular complexity index is 759. The SMILES string of the molecule is CSc1ccc(C)c(C(=O)N(C)Cc2ccc(OCC(=O)O)cc2)c1. The van der Waals surface area contributed by atoms with Crippen LogP contribution in [0.15, 0.2) is 47.4 Å². The topological polar surface area (TPSA) is 66.8 Å². The molecule has 6 heteroatoms. The van der Waals surface area contributed by atoms with Crippen molar-refractivity contribution < 1.29 is 19.4 Å². The maximum Gasteiger partial charge on any atom is 0.341 e. The van der Waals surface area contributed by atoms with Crippen molar-refractivity contribution in [3.8, 4) is 5.75 Å². The fourth-order valence-electron chi connectivity index (χ4n) is 2.35. The minimum Gasteiger partial charge on any atom is -0.482 e. The quantitative estimate of drug-likeness (QED) is 0.767. The normalized spacial score (nSPS) is 10.4. The lowest BCUT2D eigenvalue weighted by Crippen LogP contribution is -2.26. The van der Waals surface area contributed by atoms with Gasteiger partial charge in [0.1, 0.15) is 5.75 Å². The third-order valence-electron chi connectivity index (χ3n) is 3.73. The molecule has 0 fully saturated rings. The van der Waals surface area contributed by atoms with Crippen molar-refractivity contribution in [2.24, 2.45) is 0 Å². The summed E-state index contributed by atoms with van der Waals surface area (Å²) >= 11 is 1.61. The number of amides is 1. The summed E-state index contributed by atoms with van der Waals surface area (Å²) in [7, 11) is 1.77. The van der Waals surface area contributed by atoms with Crippen LogP contribution in [0.3, 0.4) is 0 Å². The first-order chi connectivity index (χ1) is 11.9. The van der Waals surface area contributed by atoms with Gasteiger partial charge in [-0.25, -0.2) is 4.79 Å². The van der Waals surface area contributed by atoms with Crippen LogP contribution in [0.4, 0.5) is 0 Å². The third kappa shape index (κ3) is 5.26. The van der Waals surface area contributed by atoms with E-state index in [-0.39, 0.29) is 12.5 Å². The van der Waals surface area contributed by atoms with Crippen molar-refractivity contribution in [3.05, 3.63) is 59.2 Å². The van der Waals surface area contributed by atoms with E-state index >= 15 is 0 Å². The minimum absolute atomic E-state index is 0.0281. The molecular weight excluding hydrogens is 338 g/mol. The fourth-order valence-corrected chi connectivity index (χ4v) is 2.79. The second-order valence-electron chi connectivity index (χ2n) is 5.67. The lowest BCUT2D eigenvalue weighted by Gasteiger charge is -2.19. The number of hydrogen-bond donors (Lipinski definition) is 1. The molecule has 0 spiro atoms. The lowest BCUT2D eigenvalue weighted by molar-refractivity contribution is -0.139. The van der Waals surface area contributed by atoms with E-state index in [1.54, 1.807) is 35.8 Å². The molecule has 25 heavy (non-hydrogen) atoms. The van der Waals surface area contributed by atoms with Gasteiger partial charge < -0.3 is 14.7 Å². The monoisotopic (exact) mass is 359 g/mol. The molecule has 0 heterocycles. The first-order valence-electron chi connectivity index (χ1n) is 7.74. The summed E-state index contributed by atoms with van der Waals surface area (Å²) in [5.74, 6) is -0.555. The van der Waals surface area contributed by atoms with E-state index in [9.17, 15) is 9.59 Å². The number of benzene rings is 2. The average molecular weight is 359 g/mol. The molecule has 0 saturated carbocycles. The molecular formula is C19H21NO4S. The van der Waals surface area contributed by atoms with Gasteiger partial charge >= 0.3 is 5.97 Å². The summed E-state index contributed by atoms with van der Waals surface area (Å²) in [6.07, 6.45) is 1.98. The van der Waals surface area contributed by atoms with Crippen molar-refractivity contribution >= 4 is 23.6 Å². The summed E-state index contributed by atoms with van der Waals surface area (Å²) in [6.45, 7) is 2.02. The fraction of sp³-hybridized carbons (Fsp3) is 0.263. The molecule has 0 aliphatic carbocycles. The summed E-state index contributed by atoms with van der Waals surface area (Å²) in [5, 5.41) is 8.61. The standard InChI is InChI=1S/C19H21NO4S/c1-13-4-9-16(25-3)10-17(13)19(23)20(2)11-14-5-7-15(8-6-14)24-12-18(21)22/h4-10H,11-12H2,1-3H3,(H,21,22). The van der Waals surface area contributed by atoms with Crippen LogP contribution >= 0.6 is 11.8 Å². The average Bonchev–Trinajstić information content (AvgIpc) is 2.61. The molecule has 2 rings (SSSR count). The zero-order valence-electron chi connectivity index (χ0n) is 14.5. The number of hydrogen-bond acceptors (Lipinski definition) is 4.